The van der Waals surface area contributed by atoms with Crippen LogP contribution in [0.5, 0.6) is 0 Å². The van der Waals surface area contributed by atoms with Gasteiger partial charge in [0.25, 0.3) is 5.91 Å². The van der Waals surface area contributed by atoms with Gasteiger partial charge in [-0.05, 0) is 42.5 Å². The van der Waals surface area contributed by atoms with E-state index in [9.17, 15) is 14.0 Å². The van der Waals surface area contributed by atoms with Crippen molar-refractivity contribution in [3.63, 3.8) is 0 Å². The summed E-state index contributed by atoms with van der Waals surface area (Å²) < 4.78 is 14.1. The van der Waals surface area contributed by atoms with Crippen molar-refractivity contribution in [3.8, 4) is 0 Å². The highest BCUT2D eigenvalue weighted by atomic mass is 35.5. The van der Waals surface area contributed by atoms with Gasteiger partial charge in [0.2, 0.25) is 0 Å². The summed E-state index contributed by atoms with van der Waals surface area (Å²) in [7, 11) is 0. The fourth-order valence-electron chi connectivity index (χ4n) is 3.81. The first-order valence-electron chi connectivity index (χ1n) is 10.3. The second kappa shape index (κ2) is 9.82. The Kier molecular flexibility index (Phi) is 6.89. The summed E-state index contributed by atoms with van der Waals surface area (Å²) in [5.41, 5.74) is 1.67. The number of ketones is 1. The summed E-state index contributed by atoms with van der Waals surface area (Å²) in [5, 5.41) is 0.943. The van der Waals surface area contributed by atoms with Gasteiger partial charge in [0.1, 0.15) is 5.82 Å². The van der Waals surface area contributed by atoms with Gasteiger partial charge < -0.3 is 4.90 Å². The predicted molar refractivity (Wildman–Crippen MR) is 124 cm³/mol. The molecule has 0 spiro atoms. The molecule has 1 saturated heterocycles. The molecule has 0 aromatic heterocycles. The quantitative estimate of drug-likeness (QED) is 0.473. The van der Waals surface area contributed by atoms with Crippen LogP contribution in [0.3, 0.4) is 0 Å². The average Bonchev–Trinajstić information content (AvgIpc) is 2.81. The minimum absolute atomic E-state index is 0.188. The number of nitrogens with zero attached hydrogens (tertiary/aromatic N) is 2. The third kappa shape index (κ3) is 4.85. The molecule has 0 saturated carbocycles. The van der Waals surface area contributed by atoms with E-state index in [1.807, 2.05) is 0 Å². The number of carbonyl (C=O) groups excluding carboxylic acids is 2. The molecule has 1 fully saturated rings. The highest BCUT2D eigenvalue weighted by Gasteiger charge is 2.26. The lowest BCUT2D eigenvalue weighted by atomic mass is 9.97. The number of piperazine rings is 1. The monoisotopic (exact) mass is 470 g/mol. The zero-order chi connectivity index (χ0) is 22.7. The Morgan fingerprint density at radius 1 is 0.812 bits per heavy atom. The standard InChI is InChI=1S/C25H21Cl2FN2O2/c26-18-10-8-17(9-11-18)24(31)19-4-1-2-5-20(19)25(32)30-14-12-29(13-15-30)16-21-22(27)6-3-7-23(21)28/h1-11H,12-16H2. The summed E-state index contributed by atoms with van der Waals surface area (Å²) >= 11 is 12.1. The van der Waals surface area contributed by atoms with Crippen molar-refractivity contribution in [2.24, 2.45) is 0 Å². The maximum atomic E-state index is 14.1. The van der Waals surface area contributed by atoms with Crippen LogP contribution in [0, 0.1) is 5.82 Å². The second-order valence-electron chi connectivity index (χ2n) is 7.65. The van der Waals surface area contributed by atoms with Gasteiger partial charge in [0, 0.05) is 59.5 Å². The topological polar surface area (TPSA) is 40.6 Å². The number of rotatable bonds is 5. The van der Waals surface area contributed by atoms with Crippen molar-refractivity contribution < 1.29 is 14.0 Å². The Bertz CT molecular complexity index is 1120. The molecular formula is C25H21Cl2FN2O2. The van der Waals surface area contributed by atoms with Gasteiger partial charge >= 0.3 is 0 Å². The normalized spacial score (nSPS) is 14.4. The molecule has 3 aromatic carbocycles. The van der Waals surface area contributed by atoms with Gasteiger partial charge in [-0.15, -0.1) is 0 Å². The smallest absolute Gasteiger partial charge is 0.254 e. The lowest BCUT2D eigenvalue weighted by Gasteiger charge is -2.35. The zero-order valence-corrected chi connectivity index (χ0v) is 18.7. The van der Waals surface area contributed by atoms with Crippen LogP contribution in [0.15, 0.2) is 66.7 Å². The summed E-state index contributed by atoms with van der Waals surface area (Å²) in [4.78, 5) is 30.0. The molecule has 0 bridgehead atoms. The molecule has 0 unspecified atom stereocenters. The highest BCUT2D eigenvalue weighted by Crippen LogP contribution is 2.23. The van der Waals surface area contributed by atoms with Crippen LogP contribution in [0.1, 0.15) is 31.8 Å². The number of hydrogen-bond donors (Lipinski definition) is 0. The molecule has 7 heteroatoms. The Balaban J connectivity index is 1.46. The van der Waals surface area contributed by atoms with Crippen LogP contribution in [-0.4, -0.2) is 47.7 Å². The maximum absolute atomic E-state index is 14.1. The minimum atomic E-state index is -0.328. The summed E-state index contributed by atoms with van der Waals surface area (Å²) in [6.07, 6.45) is 0. The highest BCUT2D eigenvalue weighted by molar-refractivity contribution is 6.31. The van der Waals surface area contributed by atoms with E-state index in [0.717, 1.165) is 0 Å². The SMILES string of the molecule is O=C(c1ccc(Cl)cc1)c1ccccc1C(=O)N1CCN(Cc2c(F)cccc2Cl)CC1. The van der Waals surface area contributed by atoms with Gasteiger partial charge in [-0.1, -0.05) is 47.5 Å². The van der Waals surface area contributed by atoms with Crippen molar-refractivity contribution in [3.05, 3.63) is 105 Å². The van der Waals surface area contributed by atoms with Crippen LogP contribution in [0.25, 0.3) is 0 Å². The summed E-state index contributed by atoms with van der Waals surface area (Å²) in [5.74, 6) is -0.740. The van der Waals surface area contributed by atoms with Crippen LogP contribution >= 0.6 is 23.2 Å². The largest absolute Gasteiger partial charge is 0.336 e. The molecular weight excluding hydrogens is 450 g/mol. The molecule has 0 aliphatic carbocycles. The van der Waals surface area contributed by atoms with Gasteiger partial charge in [0.05, 0.1) is 5.56 Å². The molecule has 1 aliphatic heterocycles. The van der Waals surface area contributed by atoms with E-state index < -0.39 is 0 Å². The minimum Gasteiger partial charge on any atom is -0.336 e. The van der Waals surface area contributed by atoms with Gasteiger partial charge in [-0.3, -0.25) is 14.5 Å². The second-order valence-corrected chi connectivity index (χ2v) is 8.49. The molecule has 0 radical (unpaired) electrons. The van der Waals surface area contributed by atoms with Gasteiger partial charge in [-0.25, -0.2) is 4.39 Å². The lowest BCUT2D eigenvalue weighted by molar-refractivity contribution is 0.0624. The molecule has 1 heterocycles. The summed E-state index contributed by atoms with van der Waals surface area (Å²) in [6.45, 7) is 2.52. The fraction of sp³-hybridized carbons (Fsp3) is 0.200. The van der Waals surface area contributed by atoms with Crippen LogP contribution < -0.4 is 0 Å². The molecule has 164 valence electrons. The van der Waals surface area contributed by atoms with Crippen LogP contribution in [0.2, 0.25) is 10.0 Å². The van der Waals surface area contributed by atoms with E-state index in [4.69, 9.17) is 23.2 Å². The number of halogens is 3. The van der Waals surface area contributed by atoms with E-state index in [1.54, 1.807) is 65.6 Å². The third-order valence-corrected chi connectivity index (χ3v) is 6.22. The molecule has 3 aromatic rings. The van der Waals surface area contributed by atoms with Crippen molar-refractivity contribution in [2.45, 2.75) is 6.54 Å². The lowest BCUT2D eigenvalue weighted by Crippen LogP contribution is -2.48. The van der Waals surface area contributed by atoms with E-state index in [0.29, 0.717) is 65.0 Å². The Morgan fingerprint density at radius 2 is 1.47 bits per heavy atom. The Morgan fingerprint density at radius 3 is 2.12 bits per heavy atom. The Hall–Kier alpha value is -2.73. The van der Waals surface area contributed by atoms with Crippen molar-refractivity contribution in [1.82, 2.24) is 9.80 Å². The number of hydrogen-bond acceptors (Lipinski definition) is 3. The first-order valence-corrected chi connectivity index (χ1v) is 11.0. The molecule has 1 aliphatic rings. The molecule has 32 heavy (non-hydrogen) atoms. The van der Waals surface area contributed by atoms with Gasteiger partial charge in [-0.2, -0.15) is 0 Å². The first-order chi connectivity index (χ1) is 15.4. The predicted octanol–water partition coefficient (Wildman–Crippen LogP) is 5.32. The van der Waals surface area contributed by atoms with Gasteiger partial charge in [0.15, 0.2) is 5.78 Å². The van der Waals surface area contributed by atoms with E-state index in [-0.39, 0.29) is 17.5 Å². The zero-order valence-electron chi connectivity index (χ0n) is 17.2. The maximum Gasteiger partial charge on any atom is 0.254 e. The number of benzene rings is 3. The molecule has 4 rings (SSSR count). The van der Waals surface area contributed by atoms with E-state index >= 15 is 0 Å². The van der Waals surface area contributed by atoms with E-state index in [2.05, 4.69) is 4.90 Å². The molecule has 4 nitrogen and oxygen atoms in total. The molecule has 1 amide bonds. The molecule has 0 N–H and O–H groups in total. The van der Waals surface area contributed by atoms with Crippen LogP contribution in [-0.2, 0) is 6.54 Å². The third-order valence-electron chi connectivity index (χ3n) is 5.61. The van der Waals surface area contributed by atoms with E-state index in [1.165, 1.54) is 6.07 Å². The average molecular weight is 471 g/mol. The van der Waals surface area contributed by atoms with Crippen molar-refractivity contribution in [1.29, 1.82) is 0 Å². The van der Waals surface area contributed by atoms with Crippen LogP contribution in [0.4, 0.5) is 4.39 Å². The molecule has 0 atom stereocenters. The van der Waals surface area contributed by atoms with Crippen molar-refractivity contribution >= 4 is 34.9 Å². The summed E-state index contributed by atoms with van der Waals surface area (Å²) in [6, 6.07) is 18.1. The first kappa shape index (κ1) is 22.5. The number of amides is 1. The number of carbonyl (C=O) groups is 2. The van der Waals surface area contributed by atoms with Crippen molar-refractivity contribution in [2.75, 3.05) is 26.2 Å². The fourth-order valence-corrected chi connectivity index (χ4v) is 4.16. The Labute approximate surface area is 196 Å².